The Labute approximate surface area is 310 Å². The molecule has 0 aliphatic heterocycles. The number of carbonyl (C=O) groups is 3. The van der Waals surface area contributed by atoms with Gasteiger partial charge < -0.3 is 25.4 Å². The Morgan fingerprint density at radius 1 is 0.712 bits per heavy atom. The first-order valence-corrected chi connectivity index (χ1v) is 18.8. The van der Waals surface area contributed by atoms with Crippen molar-refractivity contribution in [3.63, 3.8) is 0 Å². The van der Waals surface area contributed by atoms with Gasteiger partial charge in [-0.05, 0) is 54.9 Å². The van der Waals surface area contributed by atoms with Crippen molar-refractivity contribution in [1.29, 1.82) is 0 Å². The molecule has 11 heteroatoms. The van der Waals surface area contributed by atoms with Gasteiger partial charge in [-0.15, -0.1) is 0 Å². The third-order valence-electron chi connectivity index (χ3n) is 9.86. The molecule has 52 heavy (non-hydrogen) atoms. The Kier molecular flexibility index (Phi) is 13.5. The summed E-state index contributed by atoms with van der Waals surface area (Å²) in [6.07, 6.45) is 7.47. The number of hydrogen-bond acceptors (Lipinski definition) is 6. The molecule has 4 aromatic rings. The topological polar surface area (TPSA) is 124 Å². The van der Waals surface area contributed by atoms with Crippen LogP contribution in [0.1, 0.15) is 89.0 Å². The standard InChI is InChI=1S/C41H48ClN5O5/c42-32-18-8-7-17-31(32)23-24-43-40(49)35-25-36(41(50)45-34-20-10-12-22-38(34)52-28-30-15-5-2-6-16-30)47(46-35)26-39(48)44-33-19-9-11-21-37(33)51-27-29-13-3-1-4-14-29/h1-8,13-18,25,33-34,37-38H,9-12,19-24,26-28H2,(H,43,49)(H,44,48)(H,45,50)/t33-,34-,37-,38-/m0/s1. The summed E-state index contributed by atoms with van der Waals surface area (Å²) < 4.78 is 13.9. The van der Waals surface area contributed by atoms with Crippen LogP contribution in [0.25, 0.3) is 0 Å². The van der Waals surface area contributed by atoms with Crippen molar-refractivity contribution in [3.8, 4) is 0 Å². The Balaban J connectivity index is 1.14. The van der Waals surface area contributed by atoms with Crippen molar-refractivity contribution in [3.05, 3.63) is 124 Å². The molecule has 4 atom stereocenters. The van der Waals surface area contributed by atoms with Gasteiger partial charge in [-0.1, -0.05) is 116 Å². The molecular weight excluding hydrogens is 678 g/mol. The summed E-state index contributed by atoms with van der Waals surface area (Å²) in [5.41, 5.74) is 3.25. The lowest BCUT2D eigenvalue weighted by Crippen LogP contribution is -2.48. The minimum atomic E-state index is -0.441. The number of amides is 3. The number of nitrogens with zero attached hydrogens (tertiary/aromatic N) is 2. The van der Waals surface area contributed by atoms with Crippen LogP contribution < -0.4 is 16.0 Å². The van der Waals surface area contributed by atoms with Gasteiger partial charge in [0.1, 0.15) is 12.2 Å². The molecule has 0 unspecified atom stereocenters. The Morgan fingerprint density at radius 3 is 1.88 bits per heavy atom. The second-order valence-corrected chi connectivity index (χ2v) is 14.1. The summed E-state index contributed by atoms with van der Waals surface area (Å²) in [5, 5.41) is 14.3. The zero-order valence-electron chi connectivity index (χ0n) is 29.5. The number of rotatable bonds is 15. The molecule has 0 saturated heterocycles. The Hall–Kier alpha value is -4.51. The van der Waals surface area contributed by atoms with E-state index in [2.05, 4.69) is 21.0 Å². The van der Waals surface area contributed by atoms with E-state index in [9.17, 15) is 14.4 Å². The van der Waals surface area contributed by atoms with Crippen LogP contribution in [0.5, 0.6) is 0 Å². The average molecular weight is 726 g/mol. The van der Waals surface area contributed by atoms with E-state index in [0.717, 1.165) is 68.1 Å². The molecule has 1 aromatic heterocycles. The fraction of sp³-hybridized carbons (Fsp3) is 0.415. The molecule has 0 spiro atoms. The van der Waals surface area contributed by atoms with Crippen molar-refractivity contribution in [2.75, 3.05) is 6.54 Å². The van der Waals surface area contributed by atoms with Gasteiger partial charge >= 0.3 is 0 Å². The van der Waals surface area contributed by atoms with Crippen LogP contribution in [-0.2, 0) is 40.4 Å². The maximum Gasteiger partial charge on any atom is 0.271 e. The van der Waals surface area contributed by atoms with Crippen LogP contribution >= 0.6 is 11.6 Å². The molecule has 3 amide bonds. The molecule has 3 aromatic carbocycles. The van der Waals surface area contributed by atoms with E-state index in [1.165, 1.54) is 10.7 Å². The smallest absolute Gasteiger partial charge is 0.271 e. The average Bonchev–Trinajstić information content (AvgIpc) is 3.59. The van der Waals surface area contributed by atoms with Crippen molar-refractivity contribution in [2.45, 2.75) is 102 Å². The van der Waals surface area contributed by atoms with Gasteiger partial charge in [-0.3, -0.25) is 14.4 Å². The van der Waals surface area contributed by atoms with E-state index in [0.29, 0.717) is 31.2 Å². The SMILES string of the molecule is O=C(Cn1nc(C(=O)NCCc2ccccc2Cl)cc1C(=O)N[C@H]1CCCC[C@@H]1OCc1ccccc1)N[C@H]1CCCC[C@@H]1OCc1ccccc1. The maximum atomic E-state index is 13.9. The molecular formula is C41H48ClN5O5. The van der Waals surface area contributed by atoms with Crippen molar-refractivity contribution in [2.24, 2.45) is 0 Å². The van der Waals surface area contributed by atoms with Gasteiger partial charge in [0.15, 0.2) is 5.69 Å². The van der Waals surface area contributed by atoms with Gasteiger partial charge in [-0.25, -0.2) is 4.68 Å². The lowest BCUT2D eigenvalue weighted by Gasteiger charge is -2.32. The summed E-state index contributed by atoms with van der Waals surface area (Å²) in [6.45, 7) is 1.02. The predicted molar refractivity (Wildman–Crippen MR) is 200 cm³/mol. The maximum absolute atomic E-state index is 13.9. The summed E-state index contributed by atoms with van der Waals surface area (Å²) in [6, 6.07) is 28.5. The first-order chi connectivity index (χ1) is 25.4. The molecule has 2 aliphatic carbocycles. The van der Waals surface area contributed by atoms with Crippen molar-refractivity contribution in [1.82, 2.24) is 25.7 Å². The summed E-state index contributed by atoms with van der Waals surface area (Å²) in [5.74, 6) is -1.15. The van der Waals surface area contributed by atoms with Crippen LogP contribution in [0.3, 0.4) is 0 Å². The molecule has 1 heterocycles. The molecule has 0 bridgehead atoms. The number of ether oxygens (including phenoxy) is 2. The molecule has 2 saturated carbocycles. The van der Waals surface area contributed by atoms with Gasteiger partial charge in [0.05, 0.1) is 37.5 Å². The first-order valence-electron chi connectivity index (χ1n) is 18.4. The highest BCUT2D eigenvalue weighted by atomic mass is 35.5. The molecule has 0 radical (unpaired) electrons. The lowest BCUT2D eigenvalue weighted by atomic mass is 9.92. The quantitative estimate of drug-likeness (QED) is 0.130. The van der Waals surface area contributed by atoms with E-state index in [1.807, 2.05) is 84.9 Å². The first kappa shape index (κ1) is 37.3. The minimum Gasteiger partial charge on any atom is -0.371 e. The highest BCUT2D eigenvalue weighted by molar-refractivity contribution is 6.31. The minimum absolute atomic E-state index is 0.0550. The number of nitrogens with one attached hydrogen (secondary N) is 3. The monoisotopic (exact) mass is 725 g/mol. The third-order valence-corrected chi connectivity index (χ3v) is 10.2. The number of aromatic nitrogens is 2. The van der Waals surface area contributed by atoms with Crippen molar-refractivity contribution < 1.29 is 23.9 Å². The van der Waals surface area contributed by atoms with Crippen LogP contribution in [0.4, 0.5) is 0 Å². The van der Waals surface area contributed by atoms with Gasteiger partial charge in [0, 0.05) is 17.6 Å². The van der Waals surface area contributed by atoms with Gasteiger partial charge in [0.25, 0.3) is 11.8 Å². The normalized spacial score (nSPS) is 20.2. The van der Waals surface area contributed by atoms with Gasteiger partial charge in [0.2, 0.25) is 5.91 Å². The summed E-state index contributed by atoms with van der Waals surface area (Å²) in [7, 11) is 0. The van der Waals surface area contributed by atoms with Crippen molar-refractivity contribution >= 4 is 29.3 Å². The highest BCUT2D eigenvalue weighted by Gasteiger charge is 2.31. The third kappa shape index (κ3) is 10.5. The predicted octanol–water partition coefficient (Wildman–Crippen LogP) is 6.41. The van der Waals surface area contributed by atoms with Gasteiger partial charge in [-0.2, -0.15) is 5.10 Å². The highest BCUT2D eigenvalue weighted by Crippen LogP contribution is 2.24. The number of halogens is 1. The van der Waals surface area contributed by atoms with Crippen LogP contribution in [0, 0.1) is 0 Å². The molecule has 6 rings (SSSR count). The number of carbonyl (C=O) groups excluding carboxylic acids is 3. The van der Waals surface area contributed by atoms with E-state index in [-0.39, 0.29) is 48.1 Å². The van der Waals surface area contributed by atoms with E-state index in [4.69, 9.17) is 21.1 Å². The fourth-order valence-corrected chi connectivity index (χ4v) is 7.27. The second kappa shape index (κ2) is 18.8. The number of hydrogen-bond donors (Lipinski definition) is 3. The molecule has 274 valence electrons. The van der Waals surface area contributed by atoms with Crippen LogP contribution in [0.2, 0.25) is 5.02 Å². The molecule has 2 aliphatic rings. The number of benzene rings is 3. The Morgan fingerprint density at radius 2 is 1.27 bits per heavy atom. The zero-order chi connectivity index (χ0) is 36.1. The molecule has 10 nitrogen and oxygen atoms in total. The molecule has 2 fully saturated rings. The van der Waals surface area contributed by atoms with E-state index < -0.39 is 11.8 Å². The second-order valence-electron chi connectivity index (χ2n) is 13.7. The fourth-order valence-electron chi connectivity index (χ4n) is 7.04. The zero-order valence-corrected chi connectivity index (χ0v) is 30.2. The van der Waals surface area contributed by atoms with Crippen LogP contribution in [0.15, 0.2) is 91.0 Å². The lowest BCUT2D eigenvalue weighted by molar-refractivity contribution is -0.124. The van der Waals surface area contributed by atoms with E-state index >= 15 is 0 Å². The molecule has 3 N–H and O–H groups in total. The largest absolute Gasteiger partial charge is 0.371 e. The summed E-state index contributed by atoms with van der Waals surface area (Å²) >= 11 is 6.30. The summed E-state index contributed by atoms with van der Waals surface area (Å²) in [4.78, 5) is 40.8. The van der Waals surface area contributed by atoms with E-state index in [1.54, 1.807) is 0 Å². The Bertz CT molecular complexity index is 1770. The van der Waals surface area contributed by atoms with Crippen LogP contribution in [-0.4, -0.2) is 58.3 Å².